The molecule has 0 aliphatic carbocycles. The maximum absolute atomic E-state index is 11.9. The van der Waals surface area contributed by atoms with Crippen LogP contribution in [0.25, 0.3) is 0 Å². The second-order valence-electron chi connectivity index (χ2n) is 3.12. The molecule has 1 amide bonds. The minimum absolute atomic E-state index is 0.0649. The van der Waals surface area contributed by atoms with E-state index in [-0.39, 0.29) is 11.3 Å². The molecular formula is C10H9F2NO3. The van der Waals surface area contributed by atoms with E-state index in [4.69, 9.17) is 5.11 Å². The molecule has 4 nitrogen and oxygen atoms in total. The number of aromatic carboxylic acids is 1. The lowest BCUT2D eigenvalue weighted by molar-refractivity contribution is -0.126. The molecule has 0 atom stereocenters. The summed E-state index contributed by atoms with van der Waals surface area (Å²) in [4.78, 5) is 21.3. The summed E-state index contributed by atoms with van der Waals surface area (Å²) in [6.07, 6.45) is -3.10. The Bertz CT molecular complexity index is 432. The number of carboxylic acid groups (broad SMARTS) is 1. The van der Waals surface area contributed by atoms with Crippen molar-refractivity contribution in [2.24, 2.45) is 0 Å². The Labute approximate surface area is 89.9 Å². The number of carboxylic acids is 1. The zero-order valence-electron chi connectivity index (χ0n) is 8.33. The Balaban J connectivity index is 2.90. The molecule has 0 fully saturated rings. The third-order valence-corrected chi connectivity index (χ3v) is 1.92. The van der Waals surface area contributed by atoms with E-state index in [0.717, 1.165) is 0 Å². The number of halogens is 2. The fourth-order valence-electron chi connectivity index (χ4n) is 1.18. The van der Waals surface area contributed by atoms with E-state index in [0.29, 0.717) is 5.56 Å². The Morgan fingerprint density at radius 3 is 2.44 bits per heavy atom. The molecule has 0 aromatic heterocycles. The van der Waals surface area contributed by atoms with Gasteiger partial charge in [0.15, 0.2) is 0 Å². The van der Waals surface area contributed by atoms with Crippen molar-refractivity contribution in [3.05, 3.63) is 29.3 Å². The third-order valence-electron chi connectivity index (χ3n) is 1.92. The first kappa shape index (κ1) is 12.1. The van der Waals surface area contributed by atoms with Gasteiger partial charge in [0, 0.05) is 5.69 Å². The first-order valence-electron chi connectivity index (χ1n) is 4.34. The van der Waals surface area contributed by atoms with Crippen LogP contribution in [0.5, 0.6) is 0 Å². The number of aryl methyl sites for hydroxylation is 1. The van der Waals surface area contributed by atoms with Crippen LogP contribution in [0.3, 0.4) is 0 Å². The molecule has 2 N–H and O–H groups in total. The Hall–Kier alpha value is -1.98. The number of nitrogens with one attached hydrogen (secondary N) is 1. The van der Waals surface area contributed by atoms with Crippen molar-refractivity contribution in [2.45, 2.75) is 13.3 Å². The van der Waals surface area contributed by atoms with E-state index in [2.05, 4.69) is 0 Å². The summed E-state index contributed by atoms with van der Waals surface area (Å²) in [5.41, 5.74) is 0.599. The highest BCUT2D eigenvalue weighted by Gasteiger charge is 2.15. The van der Waals surface area contributed by atoms with Crippen LogP contribution in [0.4, 0.5) is 14.5 Å². The van der Waals surface area contributed by atoms with Crippen LogP contribution in [0.1, 0.15) is 15.9 Å². The molecule has 0 spiro atoms. The number of rotatable bonds is 3. The summed E-state index contributed by atoms with van der Waals surface area (Å²) in [7, 11) is 0. The van der Waals surface area contributed by atoms with Gasteiger partial charge in [0.05, 0.1) is 5.56 Å². The van der Waals surface area contributed by atoms with Gasteiger partial charge in [-0.05, 0) is 30.7 Å². The maximum Gasteiger partial charge on any atom is 0.335 e. The summed E-state index contributed by atoms with van der Waals surface area (Å²) in [5.74, 6) is -2.52. The predicted molar refractivity (Wildman–Crippen MR) is 52.8 cm³/mol. The first-order chi connectivity index (χ1) is 7.41. The van der Waals surface area contributed by atoms with Crippen LogP contribution < -0.4 is 5.32 Å². The van der Waals surface area contributed by atoms with Crippen LogP contribution >= 0.6 is 0 Å². The molecule has 0 aliphatic heterocycles. The minimum atomic E-state index is -3.10. The topological polar surface area (TPSA) is 66.4 Å². The number of benzene rings is 1. The second-order valence-corrected chi connectivity index (χ2v) is 3.12. The normalized spacial score (nSPS) is 10.2. The number of alkyl halides is 2. The molecular weight excluding hydrogens is 220 g/mol. The van der Waals surface area contributed by atoms with Crippen LogP contribution in [0.15, 0.2) is 18.2 Å². The van der Waals surface area contributed by atoms with Gasteiger partial charge >= 0.3 is 12.4 Å². The van der Waals surface area contributed by atoms with E-state index >= 15 is 0 Å². The molecule has 0 bridgehead atoms. The molecule has 0 heterocycles. The summed E-state index contributed by atoms with van der Waals surface area (Å²) in [6.45, 7) is 1.52. The van der Waals surface area contributed by atoms with E-state index in [1.165, 1.54) is 25.1 Å². The van der Waals surface area contributed by atoms with Gasteiger partial charge in [0.2, 0.25) is 0 Å². The van der Waals surface area contributed by atoms with Gasteiger partial charge in [-0.3, -0.25) is 4.79 Å². The molecule has 1 aromatic carbocycles. The van der Waals surface area contributed by atoms with Crippen LogP contribution in [-0.2, 0) is 4.79 Å². The van der Waals surface area contributed by atoms with E-state index < -0.39 is 18.3 Å². The summed E-state index contributed by atoms with van der Waals surface area (Å²) >= 11 is 0. The third kappa shape index (κ3) is 2.75. The van der Waals surface area contributed by atoms with Crippen LogP contribution in [0, 0.1) is 6.92 Å². The molecule has 6 heteroatoms. The lowest BCUT2D eigenvalue weighted by atomic mass is 10.1. The number of hydrogen-bond acceptors (Lipinski definition) is 2. The average Bonchev–Trinajstić information content (AvgIpc) is 2.16. The molecule has 0 saturated carbocycles. The first-order valence-corrected chi connectivity index (χ1v) is 4.34. The van der Waals surface area contributed by atoms with Crippen molar-refractivity contribution in [3.63, 3.8) is 0 Å². The molecule has 86 valence electrons. The quantitative estimate of drug-likeness (QED) is 0.831. The Kier molecular flexibility index (Phi) is 3.55. The zero-order valence-corrected chi connectivity index (χ0v) is 8.33. The SMILES string of the molecule is Cc1cc(NC(=O)C(F)F)ccc1C(=O)O. The van der Waals surface area contributed by atoms with Gasteiger partial charge in [-0.1, -0.05) is 0 Å². The van der Waals surface area contributed by atoms with Crippen LogP contribution in [0.2, 0.25) is 0 Å². The van der Waals surface area contributed by atoms with Crippen molar-refractivity contribution in [1.82, 2.24) is 0 Å². The zero-order chi connectivity index (χ0) is 12.3. The van der Waals surface area contributed by atoms with Gasteiger partial charge in [-0.2, -0.15) is 8.78 Å². The smallest absolute Gasteiger partial charge is 0.335 e. The fraction of sp³-hybridized carbons (Fsp3) is 0.200. The standard InChI is InChI=1S/C10H9F2NO3/c1-5-4-6(13-9(14)8(11)12)2-3-7(5)10(15)16/h2-4,8H,1H3,(H,13,14)(H,15,16). The van der Waals surface area contributed by atoms with Gasteiger partial charge in [-0.15, -0.1) is 0 Å². The predicted octanol–water partition coefficient (Wildman–Crippen LogP) is 1.90. The maximum atomic E-state index is 11.9. The number of anilines is 1. The molecule has 1 aromatic rings. The Morgan fingerprint density at radius 1 is 1.38 bits per heavy atom. The lowest BCUT2D eigenvalue weighted by Crippen LogP contribution is -2.20. The summed E-state index contributed by atoms with van der Waals surface area (Å²) in [6, 6.07) is 3.83. The number of hydrogen-bond donors (Lipinski definition) is 2. The van der Waals surface area contributed by atoms with E-state index in [1.807, 2.05) is 5.32 Å². The van der Waals surface area contributed by atoms with Gasteiger partial charge in [-0.25, -0.2) is 4.79 Å². The average molecular weight is 229 g/mol. The van der Waals surface area contributed by atoms with Crippen molar-refractivity contribution in [2.75, 3.05) is 5.32 Å². The summed E-state index contributed by atoms with van der Waals surface area (Å²) in [5, 5.41) is 10.7. The highest BCUT2D eigenvalue weighted by Crippen LogP contribution is 2.15. The number of carbonyl (C=O) groups excluding carboxylic acids is 1. The highest BCUT2D eigenvalue weighted by atomic mass is 19.3. The van der Waals surface area contributed by atoms with Crippen molar-refractivity contribution in [1.29, 1.82) is 0 Å². The molecule has 16 heavy (non-hydrogen) atoms. The largest absolute Gasteiger partial charge is 0.478 e. The minimum Gasteiger partial charge on any atom is -0.478 e. The van der Waals surface area contributed by atoms with Gasteiger partial charge in [0.1, 0.15) is 0 Å². The van der Waals surface area contributed by atoms with Crippen molar-refractivity contribution >= 4 is 17.6 Å². The van der Waals surface area contributed by atoms with Gasteiger partial charge < -0.3 is 10.4 Å². The Morgan fingerprint density at radius 2 is 2.00 bits per heavy atom. The highest BCUT2D eigenvalue weighted by molar-refractivity contribution is 5.94. The lowest BCUT2D eigenvalue weighted by Gasteiger charge is -2.06. The molecule has 1 rings (SSSR count). The van der Waals surface area contributed by atoms with Crippen LogP contribution in [-0.4, -0.2) is 23.4 Å². The van der Waals surface area contributed by atoms with Crippen molar-refractivity contribution < 1.29 is 23.5 Å². The number of amides is 1. The van der Waals surface area contributed by atoms with Crippen molar-refractivity contribution in [3.8, 4) is 0 Å². The van der Waals surface area contributed by atoms with Gasteiger partial charge in [0.25, 0.3) is 5.91 Å². The summed E-state index contributed by atoms with van der Waals surface area (Å²) < 4.78 is 23.8. The molecule has 0 unspecified atom stereocenters. The van der Waals surface area contributed by atoms with E-state index in [1.54, 1.807) is 0 Å². The molecule has 0 aliphatic rings. The molecule has 0 saturated heterocycles. The molecule has 0 radical (unpaired) electrons. The number of carbonyl (C=O) groups is 2. The second kappa shape index (κ2) is 4.69. The van der Waals surface area contributed by atoms with E-state index in [9.17, 15) is 18.4 Å². The fourth-order valence-corrected chi connectivity index (χ4v) is 1.18. The monoisotopic (exact) mass is 229 g/mol.